The van der Waals surface area contributed by atoms with Crippen LogP contribution in [-0.2, 0) is 10.2 Å². The van der Waals surface area contributed by atoms with E-state index < -0.39 is 0 Å². The lowest BCUT2D eigenvalue weighted by atomic mass is 9.69. The Morgan fingerprint density at radius 1 is 1.12 bits per heavy atom. The number of amides is 1. The summed E-state index contributed by atoms with van der Waals surface area (Å²) in [7, 11) is 5.23. The minimum Gasteiger partial charge on any atom is -0.493 e. The Kier molecular flexibility index (Phi) is 7.56. The molecule has 2 rings (SSSR count). The number of hydrogen-bond donors (Lipinski definition) is 2. The van der Waals surface area contributed by atoms with E-state index in [0.717, 1.165) is 37.3 Å². The van der Waals surface area contributed by atoms with E-state index in [2.05, 4.69) is 22.8 Å². The Labute approximate surface area is 151 Å². The summed E-state index contributed by atoms with van der Waals surface area (Å²) in [5.74, 6) is 1.64. The molecule has 1 amide bonds. The maximum atomic E-state index is 12.2. The van der Waals surface area contributed by atoms with Crippen molar-refractivity contribution < 1.29 is 14.3 Å². The van der Waals surface area contributed by atoms with Crippen LogP contribution in [0, 0.1) is 0 Å². The molecule has 0 aliphatic heterocycles. The SMILES string of the molecule is CNCCCC(=O)NCC1(c2ccc(OC)c(OC)c2)CCCCC1. The lowest BCUT2D eigenvalue weighted by Crippen LogP contribution is -2.42. The van der Waals surface area contributed by atoms with Crippen molar-refractivity contribution in [3.05, 3.63) is 23.8 Å². The van der Waals surface area contributed by atoms with E-state index in [1.807, 2.05) is 13.1 Å². The molecular weight excluding hydrogens is 316 g/mol. The monoisotopic (exact) mass is 348 g/mol. The fourth-order valence-electron chi connectivity index (χ4n) is 3.74. The molecule has 1 fully saturated rings. The average Bonchev–Trinajstić information content (AvgIpc) is 2.66. The molecule has 0 unspecified atom stereocenters. The van der Waals surface area contributed by atoms with E-state index in [0.29, 0.717) is 13.0 Å². The molecule has 1 aliphatic rings. The molecular formula is C20H32N2O3. The van der Waals surface area contributed by atoms with Crippen LogP contribution in [0.15, 0.2) is 18.2 Å². The van der Waals surface area contributed by atoms with Crippen molar-refractivity contribution in [2.24, 2.45) is 0 Å². The van der Waals surface area contributed by atoms with Gasteiger partial charge in [-0.2, -0.15) is 0 Å². The number of carbonyl (C=O) groups is 1. The maximum absolute atomic E-state index is 12.2. The zero-order chi connectivity index (χ0) is 18.1. The normalized spacial score (nSPS) is 16.3. The van der Waals surface area contributed by atoms with E-state index in [1.54, 1.807) is 14.2 Å². The van der Waals surface area contributed by atoms with Gasteiger partial charge >= 0.3 is 0 Å². The Bertz CT molecular complexity index is 554. The molecule has 1 saturated carbocycles. The topological polar surface area (TPSA) is 59.6 Å². The summed E-state index contributed by atoms with van der Waals surface area (Å²) in [5, 5.41) is 6.26. The highest BCUT2D eigenvalue weighted by molar-refractivity contribution is 5.76. The molecule has 1 aromatic rings. The molecule has 1 aromatic carbocycles. The standard InChI is InChI=1S/C20H32N2O3/c1-21-13-7-8-19(23)22-15-20(11-5-4-6-12-20)16-9-10-17(24-2)18(14-16)25-3/h9-10,14,21H,4-8,11-13,15H2,1-3H3,(H,22,23). The molecule has 0 aromatic heterocycles. The first-order valence-corrected chi connectivity index (χ1v) is 9.29. The van der Waals surface area contributed by atoms with E-state index in [-0.39, 0.29) is 11.3 Å². The van der Waals surface area contributed by atoms with E-state index in [1.165, 1.54) is 24.8 Å². The molecule has 140 valence electrons. The third kappa shape index (κ3) is 5.11. The minimum absolute atomic E-state index is 0.00350. The van der Waals surface area contributed by atoms with Crippen LogP contribution in [0.4, 0.5) is 0 Å². The zero-order valence-corrected chi connectivity index (χ0v) is 15.8. The summed E-state index contributed by atoms with van der Waals surface area (Å²) in [6.45, 7) is 1.56. The van der Waals surface area contributed by atoms with Crippen LogP contribution in [0.1, 0.15) is 50.5 Å². The first-order valence-electron chi connectivity index (χ1n) is 9.29. The van der Waals surface area contributed by atoms with Gasteiger partial charge in [0.1, 0.15) is 0 Å². The Morgan fingerprint density at radius 3 is 2.48 bits per heavy atom. The van der Waals surface area contributed by atoms with Crippen LogP contribution in [0.2, 0.25) is 0 Å². The Balaban J connectivity index is 2.13. The van der Waals surface area contributed by atoms with Crippen LogP contribution in [0.3, 0.4) is 0 Å². The molecule has 2 N–H and O–H groups in total. The molecule has 5 heteroatoms. The number of nitrogens with one attached hydrogen (secondary N) is 2. The van der Waals surface area contributed by atoms with Gasteiger partial charge in [0, 0.05) is 18.4 Å². The van der Waals surface area contributed by atoms with Crippen molar-refractivity contribution in [2.45, 2.75) is 50.4 Å². The van der Waals surface area contributed by atoms with Gasteiger partial charge in [0.25, 0.3) is 0 Å². The van der Waals surface area contributed by atoms with Crippen LogP contribution < -0.4 is 20.1 Å². The molecule has 0 spiro atoms. The van der Waals surface area contributed by atoms with Crippen molar-refractivity contribution >= 4 is 5.91 Å². The van der Waals surface area contributed by atoms with E-state index in [9.17, 15) is 4.79 Å². The minimum atomic E-state index is -0.00350. The highest BCUT2D eigenvalue weighted by atomic mass is 16.5. The van der Waals surface area contributed by atoms with Crippen molar-refractivity contribution in [1.82, 2.24) is 10.6 Å². The third-order valence-corrected chi connectivity index (χ3v) is 5.26. The largest absolute Gasteiger partial charge is 0.493 e. The Hall–Kier alpha value is -1.75. The average molecular weight is 348 g/mol. The second kappa shape index (κ2) is 9.66. The van der Waals surface area contributed by atoms with Crippen LogP contribution in [0.5, 0.6) is 11.5 Å². The van der Waals surface area contributed by atoms with Crippen molar-refractivity contribution in [2.75, 3.05) is 34.4 Å². The van der Waals surface area contributed by atoms with E-state index >= 15 is 0 Å². The molecule has 0 saturated heterocycles. The molecule has 25 heavy (non-hydrogen) atoms. The second-order valence-electron chi connectivity index (χ2n) is 6.89. The number of methoxy groups -OCH3 is 2. The number of rotatable bonds is 9. The Morgan fingerprint density at radius 2 is 1.84 bits per heavy atom. The summed E-state index contributed by atoms with van der Waals surface area (Å²) in [5.41, 5.74) is 1.23. The first-order chi connectivity index (χ1) is 12.1. The first kappa shape index (κ1) is 19.6. The lowest BCUT2D eigenvalue weighted by Gasteiger charge is -2.38. The van der Waals surface area contributed by atoms with Crippen LogP contribution in [0.25, 0.3) is 0 Å². The predicted molar refractivity (Wildman–Crippen MR) is 100 cm³/mol. The van der Waals surface area contributed by atoms with Crippen molar-refractivity contribution in [1.29, 1.82) is 0 Å². The maximum Gasteiger partial charge on any atom is 0.220 e. The van der Waals surface area contributed by atoms with Gasteiger partial charge in [-0.1, -0.05) is 25.3 Å². The lowest BCUT2D eigenvalue weighted by molar-refractivity contribution is -0.121. The van der Waals surface area contributed by atoms with Gasteiger partial charge in [0.2, 0.25) is 5.91 Å². The highest BCUT2D eigenvalue weighted by Crippen LogP contribution is 2.42. The zero-order valence-electron chi connectivity index (χ0n) is 15.8. The summed E-state index contributed by atoms with van der Waals surface area (Å²) >= 11 is 0. The quantitative estimate of drug-likeness (QED) is 0.674. The van der Waals surface area contributed by atoms with Gasteiger partial charge in [0.15, 0.2) is 11.5 Å². The highest BCUT2D eigenvalue weighted by Gasteiger charge is 2.34. The van der Waals surface area contributed by atoms with Crippen LogP contribution in [-0.4, -0.2) is 40.3 Å². The fraction of sp³-hybridized carbons (Fsp3) is 0.650. The molecule has 0 radical (unpaired) electrons. The predicted octanol–water partition coefficient (Wildman–Crippen LogP) is 3.02. The van der Waals surface area contributed by atoms with Gasteiger partial charge < -0.3 is 20.1 Å². The molecule has 0 heterocycles. The van der Waals surface area contributed by atoms with E-state index in [4.69, 9.17) is 9.47 Å². The summed E-state index contributed by atoms with van der Waals surface area (Å²) in [6, 6.07) is 6.18. The van der Waals surface area contributed by atoms with Gasteiger partial charge in [-0.15, -0.1) is 0 Å². The molecule has 5 nitrogen and oxygen atoms in total. The van der Waals surface area contributed by atoms with Gasteiger partial charge in [-0.3, -0.25) is 4.79 Å². The second-order valence-corrected chi connectivity index (χ2v) is 6.89. The fourth-order valence-corrected chi connectivity index (χ4v) is 3.74. The summed E-state index contributed by atoms with van der Waals surface area (Å²) in [6.07, 6.45) is 7.30. The van der Waals surface area contributed by atoms with Gasteiger partial charge in [-0.05, 0) is 50.6 Å². The molecule has 0 bridgehead atoms. The van der Waals surface area contributed by atoms with Crippen molar-refractivity contribution in [3.8, 4) is 11.5 Å². The molecule has 0 atom stereocenters. The third-order valence-electron chi connectivity index (χ3n) is 5.26. The number of hydrogen-bond acceptors (Lipinski definition) is 4. The summed E-state index contributed by atoms with van der Waals surface area (Å²) in [4.78, 5) is 12.2. The number of benzene rings is 1. The van der Waals surface area contributed by atoms with Gasteiger partial charge in [-0.25, -0.2) is 0 Å². The van der Waals surface area contributed by atoms with Gasteiger partial charge in [0.05, 0.1) is 14.2 Å². The van der Waals surface area contributed by atoms with Crippen LogP contribution >= 0.6 is 0 Å². The number of ether oxygens (including phenoxy) is 2. The summed E-state index contributed by atoms with van der Waals surface area (Å²) < 4.78 is 10.8. The number of carbonyl (C=O) groups excluding carboxylic acids is 1. The molecule has 1 aliphatic carbocycles. The van der Waals surface area contributed by atoms with Crippen molar-refractivity contribution in [3.63, 3.8) is 0 Å². The smallest absolute Gasteiger partial charge is 0.220 e.